The number of phenols is 1. The molecule has 0 fully saturated rings. The Morgan fingerprint density at radius 3 is 2.88 bits per heavy atom. The zero-order valence-corrected chi connectivity index (χ0v) is 9.32. The van der Waals surface area contributed by atoms with E-state index < -0.39 is 0 Å². The van der Waals surface area contributed by atoms with Crippen LogP contribution in [0.3, 0.4) is 0 Å². The average molecular weight is 228 g/mol. The first-order valence-electron chi connectivity index (χ1n) is 5.00. The first-order valence-corrected chi connectivity index (χ1v) is 5.94. The van der Waals surface area contributed by atoms with Gasteiger partial charge in [0.1, 0.15) is 5.75 Å². The van der Waals surface area contributed by atoms with Crippen molar-refractivity contribution in [3.63, 3.8) is 0 Å². The van der Waals surface area contributed by atoms with Crippen LogP contribution in [0.5, 0.6) is 5.75 Å². The highest BCUT2D eigenvalue weighted by Crippen LogP contribution is 2.24. The fourth-order valence-electron chi connectivity index (χ4n) is 1.80. The van der Waals surface area contributed by atoms with Crippen LogP contribution in [0.15, 0.2) is 53.5 Å². The molecule has 0 aliphatic carbocycles. The third-order valence-electron chi connectivity index (χ3n) is 2.61. The number of fused-ring (bicyclic) bond motifs is 1. The van der Waals surface area contributed by atoms with E-state index in [9.17, 15) is 5.11 Å². The molecule has 0 aliphatic rings. The Morgan fingerprint density at radius 1 is 1.12 bits per heavy atom. The van der Waals surface area contributed by atoms with Gasteiger partial charge in [0, 0.05) is 17.5 Å². The van der Waals surface area contributed by atoms with Crippen molar-refractivity contribution in [1.82, 2.24) is 0 Å². The number of phenolic OH excluding ortho intramolecular Hbond substituents is 1. The lowest BCUT2D eigenvalue weighted by Crippen LogP contribution is -2.25. The van der Waals surface area contributed by atoms with Crippen molar-refractivity contribution in [1.29, 1.82) is 0 Å². The first kappa shape index (κ1) is 9.36. The number of rotatable bonds is 1. The van der Waals surface area contributed by atoms with Crippen LogP contribution in [0.25, 0.3) is 16.5 Å². The fraction of sp³-hybridized carbons (Fsp3) is 0. The minimum atomic E-state index is 0.333. The summed E-state index contributed by atoms with van der Waals surface area (Å²) in [5, 5.41) is 13.7. The molecule has 3 rings (SSSR count). The summed E-state index contributed by atoms with van der Waals surface area (Å²) < 4.78 is 2.06. The van der Waals surface area contributed by atoms with Gasteiger partial charge in [-0.05, 0) is 17.5 Å². The second-order valence-electron chi connectivity index (χ2n) is 3.62. The Hall–Kier alpha value is -1.87. The Balaban J connectivity index is 2.24. The van der Waals surface area contributed by atoms with Gasteiger partial charge in [-0.3, -0.25) is 0 Å². The molecule has 0 amide bonds. The molecule has 0 aliphatic heterocycles. The number of thiazole rings is 1. The highest BCUT2D eigenvalue weighted by molar-refractivity contribution is 7.07. The van der Waals surface area contributed by atoms with Gasteiger partial charge in [0.05, 0.1) is 5.38 Å². The highest BCUT2D eigenvalue weighted by atomic mass is 32.1. The van der Waals surface area contributed by atoms with E-state index in [4.69, 9.17) is 0 Å². The van der Waals surface area contributed by atoms with Crippen LogP contribution in [-0.2, 0) is 0 Å². The number of hydrogen-bond donors (Lipinski definition) is 1. The number of hydrogen-bond acceptors (Lipinski definition) is 2. The number of nitrogens with zero attached hydrogens (tertiary/aromatic N) is 1. The van der Waals surface area contributed by atoms with Gasteiger partial charge >= 0.3 is 0 Å². The lowest BCUT2D eigenvalue weighted by atomic mass is 10.1. The molecule has 0 atom stereocenters. The molecule has 3 aromatic rings. The zero-order valence-electron chi connectivity index (χ0n) is 8.50. The maximum Gasteiger partial charge on any atom is 0.230 e. The molecule has 1 heterocycles. The Labute approximate surface area is 97.0 Å². The SMILES string of the molecule is Oc1cccc2cc(-[n+]3ccsc3)ccc12. The molecule has 0 bridgehead atoms. The predicted molar refractivity (Wildman–Crippen MR) is 65.0 cm³/mol. The van der Waals surface area contributed by atoms with Crippen LogP contribution in [0.4, 0.5) is 0 Å². The number of aromatic nitrogens is 1. The second-order valence-corrected chi connectivity index (χ2v) is 4.37. The minimum absolute atomic E-state index is 0.333. The van der Waals surface area contributed by atoms with Crippen molar-refractivity contribution in [2.45, 2.75) is 0 Å². The van der Waals surface area contributed by atoms with Gasteiger partial charge in [-0.15, -0.1) is 0 Å². The molecule has 0 radical (unpaired) electrons. The summed E-state index contributed by atoms with van der Waals surface area (Å²) in [6, 6.07) is 11.6. The normalized spacial score (nSPS) is 10.8. The molecule has 1 N–H and O–H groups in total. The highest BCUT2D eigenvalue weighted by Gasteiger charge is 2.07. The van der Waals surface area contributed by atoms with Crippen molar-refractivity contribution in [2.75, 3.05) is 0 Å². The Morgan fingerprint density at radius 2 is 2.06 bits per heavy atom. The Bertz CT molecular complexity index is 631. The fourth-order valence-corrected chi connectivity index (χ4v) is 2.39. The van der Waals surface area contributed by atoms with Gasteiger partial charge in [0.25, 0.3) is 0 Å². The van der Waals surface area contributed by atoms with Gasteiger partial charge in [0.2, 0.25) is 11.2 Å². The topological polar surface area (TPSA) is 24.1 Å². The molecular formula is C13H10NOS+. The van der Waals surface area contributed by atoms with Crippen molar-refractivity contribution in [3.8, 4) is 11.4 Å². The molecule has 0 spiro atoms. The van der Waals surface area contributed by atoms with E-state index in [2.05, 4.69) is 10.6 Å². The molecule has 2 nitrogen and oxygen atoms in total. The third-order valence-corrected chi connectivity index (χ3v) is 3.24. The summed E-state index contributed by atoms with van der Waals surface area (Å²) in [5.74, 6) is 0.333. The number of benzene rings is 2. The second kappa shape index (κ2) is 3.61. The largest absolute Gasteiger partial charge is 0.507 e. The maximum atomic E-state index is 9.69. The molecule has 16 heavy (non-hydrogen) atoms. The van der Waals surface area contributed by atoms with E-state index in [1.54, 1.807) is 17.4 Å². The van der Waals surface area contributed by atoms with Gasteiger partial charge in [-0.1, -0.05) is 23.5 Å². The Kier molecular flexibility index (Phi) is 2.11. The lowest BCUT2D eigenvalue weighted by molar-refractivity contribution is -0.590. The molecule has 0 saturated heterocycles. The quantitative estimate of drug-likeness (QED) is 0.636. The van der Waals surface area contributed by atoms with Gasteiger partial charge < -0.3 is 5.11 Å². The average Bonchev–Trinajstić information content (AvgIpc) is 2.82. The molecule has 0 saturated carbocycles. The smallest absolute Gasteiger partial charge is 0.230 e. The first-order chi connectivity index (χ1) is 7.84. The lowest BCUT2D eigenvalue weighted by Gasteiger charge is -2.00. The number of aromatic hydroxyl groups is 1. The molecule has 1 aromatic heterocycles. The zero-order chi connectivity index (χ0) is 11.0. The van der Waals surface area contributed by atoms with Crippen molar-refractivity contribution < 1.29 is 9.67 Å². The summed E-state index contributed by atoms with van der Waals surface area (Å²) in [6.45, 7) is 0. The standard InChI is InChI=1S/C13H9NOS/c15-13-3-1-2-10-8-11(4-5-12(10)13)14-6-7-16-9-14/h1-9H/p+1. The van der Waals surface area contributed by atoms with Crippen molar-refractivity contribution in [3.05, 3.63) is 53.5 Å². The van der Waals surface area contributed by atoms with Crippen LogP contribution >= 0.6 is 11.3 Å². The van der Waals surface area contributed by atoms with Crippen molar-refractivity contribution >= 4 is 22.1 Å². The predicted octanol–water partition coefficient (Wildman–Crippen LogP) is 2.88. The molecule has 0 unspecified atom stereocenters. The van der Waals surface area contributed by atoms with Gasteiger partial charge in [-0.2, -0.15) is 4.57 Å². The monoisotopic (exact) mass is 228 g/mol. The van der Waals surface area contributed by atoms with E-state index in [0.29, 0.717) is 5.75 Å². The van der Waals surface area contributed by atoms with Gasteiger partial charge in [0.15, 0.2) is 6.20 Å². The summed E-state index contributed by atoms with van der Waals surface area (Å²) in [6.07, 6.45) is 2.02. The van der Waals surface area contributed by atoms with Crippen LogP contribution in [0.1, 0.15) is 0 Å². The van der Waals surface area contributed by atoms with E-state index >= 15 is 0 Å². The molecule has 2 aromatic carbocycles. The third kappa shape index (κ3) is 1.46. The van der Waals surface area contributed by atoms with E-state index in [1.807, 2.05) is 41.4 Å². The van der Waals surface area contributed by atoms with E-state index in [1.165, 1.54) is 0 Å². The molecule has 3 heteroatoms. The van der Waals surface area contributed by atoms with Gasteiger partial charge in [-0.25, -0.2) is 0 Å². The van der Waals surface area contributed by atoms with Crippen molar-refractivity contribution in [2.24, 2.45) is 0 Å². The minimum Gasteiger partial charge on any atom is -0.507 e. The summed E-state index contributed by atoms with van der Waals surface area (Å²) in [7, 11) is 0. The summed E-state index contributed by atoms with van der Waals surface area (Å²) in [5.41, 5.74) is 3.16. The van der Waals surface area contributed by atoms with Crippen LogP contribution in [-0.4, -0.2) is 5.11 Å². The van der Waals surface area contributed by atoms with Crippen LogP contribution < -0.4 is 4.57 Å². The molecular weight excluding hydrogens is 218 g/mol. The summed E-state index contributed by atoms with van der Waals surface area (Å²) in [4.78, 5) is 0. The maximum absolute atomic E-state index is 9.69. The van der Waals surface area contributed by atoms with E-state index in [-0.39, 0.29) is 0 Å². The molecule has 78 valence electrons. The van der Waals surface area contributed by atoms with Crippen LogP contribution in [0, 0.1) is 0 Å². The summed E-state index contributed by atoms with van der Waals surface area (Å²) >= 11 is 1.66. The van der Waals surface area contributed by atoms with E-state index in [0.717, 1.165) is 16.5 Å². The van der Waals surface area contributed by atoms with Crippen LogP contribution in [0.2, 0.25) is 0 Å².